The molecule has 1 atom stereocenters. The molecule has 0 saturated carbocycles. The van der Waals surface area contributed by atoms with Crippen LogP contribution in [0.2, 0.25) is 0 Å². The lowest BCUT2D eigenvalue weighted by atomic mass is 9.85. The molecule has 0 N–H and O–H groups in total. The van der Waals surface area contributed by atoms with Gasteiger partial charge in [0.1, 0.15) is 23.0 Å². The Labute approximate surface area is 171 Å². The van der Waals surface area contributed by atoms with Gasteiger partial charge < -0.3 is 13.9 Å². The first-order chi connectivity index (χ1) is 13.4. The van der Waals surface area contributed by atoms with E-state index in [0.29, 0.717) is 23.3 Å². The molecule has 0 fully saturated rings. The van der Waals surface area contributed by atoms with Gasteiger partial charge in [-0.25, -0.2) is 9.59 Å². The largest absolute Gasteiger partial charge is 0.485 e. The number of benzene rings is 1. The first-order valence-electron chi connectivity index (χ1n) is 9.72. The van der Waals surface area contributed by atoms with E-state index >= 15 is 0 Å². The molecule has 2 heterocycles. The normalized spacial score (nSPS) is 16.1. The van der Waals surface area contributed by atoms with E-state index in [1.807, 2.05) is 53.7 Å². The van der Waals surface area contributed by atoms with Crippen molar-refractivity contribution < 1.29 is 18.7 Å². The summed E-state index contributed by atoms with van der Waals surface area (Å²) in [6.45, 7) is 15.0. The zero-order valence-electron chi connectivity index (χ0n) is 17.9. The summed E-state index contributed by atoms with van der Waals surface area (Å²) in [5, 5.41) is 0.830. The third kappa shape index (κ3) is 4.14. The molecule has 0 radical (unpaired) electrons. The van der Waals surface area contributed by atoms with E-state index in [4.69, 9.17) is 13.9 Å². The number of carbonyl (C=O) groups excluding carboxylic acids is 1. The monoisotopic (exact) mass is 396 g/mol. The Bertz CT molecular complexity index is 1060. The van der Waals surface area contributed by atoms with Crippen LogP contribution >= 0.6 is 0 Å². The van der Waals surface area contributed by atoms with Crippen molar-refractivity contribution in [1.82, 2.24) is 0 Å². The van der Waals surface area contributed by atoms with Crippen LogP contribution in [0.15, 0.2) is 51.7 Å². The van der Waals surface area contributed by atoms with Crippen molar-refractivity contribution in [3.8, 4) is 5.75 Å². The van der Waals surface area contributed by atoms with E-state index in [1.54, 1.807) is 12.1 Å². The van der Waals surface area contributed by atoms with Gasteiger partial charge in [-0.15, -0.1) is 6.58 Å². The summed E-state index contributed by atoms with van der Waals surface area (Å²) >= 11 is 0. The van der Waals surface area contributed by atoms with Gasteiger partial charge in [0.25, 0.3) is 0 Å². The molecule has 0 bridgehead atoms. The lowest BCUT2D eigenvalue weighted by Gasteiger charge is -2.30. The molecular weight excluding hydrogens is 368 g/mol. The van der Waals surface area contributed by atoms with Crippen molar-refractivity contribution in [1.29, 1.82) is 0 Å². The second kappa shape index (κ2) is 7.21. The van der Waals surface area contributed by atoms with Crippen LogP contribution in [0.25, 0.3) is 11.0 Å². The second-order valence-electron chi connectivity index (χ2n) is 8.93. The number of carbonyl (C=O) groups is 1. The van der Waals surface area contributed by atoms with Crippen LogP contribution in [0.5, 0.6) is 5.75 Å². The van der Waals surface area contributed by atoms with Gasteiger partial charge in [0.15, 0.2) is 0 Å². The molecular formula is C24H28O5. The number of hydrogen-bond acceptors (Lipinski definition) is 5. The van der Waals surface area contributed by atoms with Gasteiger partial charge >= 0.3 is 11.6 Å². The number of esters is 1. The summed E-state index contributed by atoms with van der Waals surface area (Å²) < 4.78 is 17.3. The molecule has 1 aliphatic rings. The Kier molecular flexibility index (Phi) is 5.20. The fourth-order valence-corrected chi connectivity index (χ4v) is 3.40. The van der Waals surface area contributed by atoms with E-state index in [1.165, 1.54) is 6.08 Å². The van der Waals surface area contributed by atoms with Crippen LogP contribution in [0.3, 0.4) is 0 Å². The van der Waals surface area contributed by atoms with Gasteiger partial charge in [-0.05, 0) is 45.4 Å². The predicted octanol–water partition coefficient (Wildman–Crippen LogP) is 4.85. The summed E-state index contributed by atoms with van der Waals surface area (Å²) in [6.07, 6.45) is 3.47. The fraction of sp³-hybridized carbons (Fsp3) is 0.417. The Morgan fingerprint density at radius 1 is 1.21 bits per heavy atom. The van der Waals surface area contributed by atoms with Crippen molar-refractivity contribution in [3.05, 3.63) is 64.1 Å². The molecule has 29 heavy (non-hydrogen) atoms. The molecule has 0 saturated heterocycles. The van der Waals surface area contributed by atoms with E-state index < -0.39 is 11.0 Å². The van der Waals surface area contributed by atoms with Gasteiger partial charge in [0.05, 0.1) is 0 Å². The van der Waals surface area contributed by atoms with Gasteiger partial charge in [-0.3, -0.25) is 0 Å². The lowest BCUT2D eigenvalue weighted by molar-refractivity contribution is -0.158. The van der Waals surface area contributed by atoms with Gasteiger partial charge in [0.2, 0.25) is 0 Å². The quantitative estimate of drug-likeness (QED) is 0.313. The molecule has 0 unspecified atom stereocenters. The van der Waals surface area contributed by atoms with E-state index in [-0.39, 0.29) is 17.7 Å². The third-order valence-corrected chi connectivity index (χ3v) is 5.34. The third-order valence-electron chi connectivity index (χ3n) is 5.34. The Hall–Kier alpha value is -2.82. The maximum absolute atomic E-state index is 12.5. The molecule has 3 rings (SSSR count). The number of fused-ring (bicyclic) bond motifs is 2. The molecule has 0 aliphatic carbocycles. The Balaban J connectivity index is 1.93. The first kappa shape index (κ1) is 20.9. The van der Waals surface area contributed by atoms with Crippen LogP contribution in [0.4, 0.5) is 0 Å². The summed E-state index contributed by atoms with van der Waals surface area (Å²) in [4.78, 5) is 24.5. The molecule has 1 aliphatic heterocycles. The minimum atomic E-state index is -0.814. The minimum absolute atomic E-state index is 0.334. The van der Waals surface area contributed by atoms with Crippen molar-refractivity contribution in [3.63, 3.8) is 0 Å². The molecule has 0 spiro atoms. The SMILES string of the molecule is C=CC(C)(C)c1cc2cc3c(cc2oc1=O)O[C@@H](C(C)(C)OC(=O)C=C(C)C)C3. The molecule has 1 aromatic carbocycles. The zero-order valence-corrected chi connectivity index (χ0v) is 17.9. The summed E-state index contributed by atoms with van der Waals surface area (Å²) in [5.41, 5.74) is 1.21. The average Bonchev–Trinajstić information content (AvgIpc) is 3.01. The summed E-state index contributed by atoms with van der Waals surface area (Å²) in [5.74, 6) is 0.259. The molecule has 2 aromatic rings. The Morgan fingerprint density at radius 2 is 1.90 bits per heavy atom. The van der Waals surface area contributed by atoms with Crippen molar-refractivity contribution in [2.45, 2.75) is 65.1 Å². The molecule has 5 heteroatoms. The highest BCUT2D eigenvalue weighted by molar-refractivity contribution is 5.83. The maximum atomic E-state index is 12.5. The fourth-order valence-electron chi connectivity index (χ4n) is 3.40. The van der Waals surface area contributed by atoms with Crippen molar-refractivity contribution in [2.24, 2.45) is 0 Å². The number of hydrogen-bond donors (Lipinski definition) is 0. The van der Waals surface area contributed by atoms with Crippen LogP contribution in [0, 0.1) is 0 Å². The van der Waals surface area contributed by atoms with Gasteiger partial charge in [-0.2, -0.15) is 0 Å². The number of ether oxygens (including phenoxy) is 2. The second-order valence-corrected chi connectivity index (χ2v) is 8.93. The highest BCUT2D eigenvalue weighted by Gasteiger charge is 2.39. The smallest absolute Gasteiger partial charge is 0.340 e. The molecule has 1 aromatic heterocycles. The lowest BCUT2D eigenvalue weighted by Crippen LogP contribution is -2.43. The summed E-state index contributed by atoms with van der Waals surface area (Å²) in [6, 6.07) is 5.57. The summed E-state index contributed by atoms with van der Waals surface area (Å²) in [7, 11) is 0. The number of allylic oxidation sites excluding steroid dienone is 2. The molecule has 0 amide bonds. The predicted molar refractivity (Wildman–Crippen MR) is 113 cm³/mol. The zero-order chi connectivity index (χ0) is 21.6. The van der Waals surface area contributed by atoms with E-state index in [2.05, 4.69) is 6.58 Å². The van der Waals surface area contributed by atoms with Gasteiger partial charge in [0, 0.05) is 34.9 Å². The van der Waals surface area contributed by atoms with Gasteiger partial charge in [-0.1, -0.05) is 25.5 Å². The van der Waals surface area contributed by atoms with E-state index in [0.717, 1.165) is 16.5 Å². The average molecular weight is 396 g/mol. The molecule has 5 nitrogen and oxygen atoms in total. The Morgan fingerprint density at radius 3 is 2.52 bits per heavy atom. The standard InChI is InChI=1S/C24H28O5/c1-8-23(4,5)17-11-15-10-16-12-20(24(6,7)29-21(25)9-14(2)3)27-18(16)13-19(15)28-22(17)26/h8-11,13,20H,1,12H2,2-7H3/t20-/m1/s1. The van der Waals surface area contributed by atoms with Crippen LogP contribution in [0.1, 0.15) is 52.7 Å². The number of rotatable bonds is 5. The van der Waals surface area contributed by atoms with Crippen molar-refractivity contribution >= 4 is 16.9 Å². The van der Waals surface area contributed by atoms with E-state index in [9.17, 15) is 9.59 Å². The van der Waals surface area contributed by atoms with Crippen molar-refractivity contribution in [2.75, 3.05) is 0 Å². The maximum Gasteiger partial charge on any atom is 0.340 e. The van der Waals surface area contributed by atoms with Crippen LogP contribution in [-0.4, -0.2) is 17.7 Å². The molecule has 154 valence electrons. The topological polar surface area (TPSA) is 65.7 Å². The van der Waals surface area contributed by atoms with Crippen LogP contribution in [-0.2, 0) is 21.4 Å². The highest BCUT2D eigenvalue weighted by atomic mass is 16.6. The minimum Gasteiger partial charge on any atom is -0.485 e. The first-order valence-corrected chi connectivity index (χ1v) is 9.72. The van der Waals surface area contributed by atoms with Crippen LogP contribution < -0.4 is 10.4 Å². The highest BCUT2D eigenvalue weighted by Crippen LogP contribution is 2.38.